The number of aromatic nitrogens is 6. The summed E-state index contributed by atoms with van der Waals surface area (Å²) < 4.78 is 67.3. The number of halogens is 2. The highest BCUT2D eigenvalue weighted by atomic mass is 32.2. The van der Waals surface area contributed by atoms with Crippen LogP contribution >= 0.6 is 0 Å². The van der Waals surface area contributed by atoms with Crippen molar-refractivity contribution in [3.05, 3.63) is 108 Å². The van der Waals surface area contributed by atoms with Crippen LogP contribution in [0.25, 0.3) is 44.3 Å². The number of aryl methyl sites for hydroxylation is 2. The number of hydrogen-bond donors (Lipinski definition) is 3. The first kappa shape index (κ1) is 40.8. The molecule has 0 unspecified atom stereocenters. The van der Waals surface area contributed by atoms with E-state index in [1.165, 1.54) is 51.3 Å². The van der Waals surface area contributed by atoms with Crippen molar-refractivity contribution >= 4 is 49.7 Å². The monoisotopic (exact) mass is 820 g/mol. The average Bonchev–Trinajstić information content (AvgIpc) is 3.75. The van der Waals surface area contributed by atoms with Crippen LogP contribution in [0.5, 0.6) is 11.5 Å². The van der Waals surface area contributed by atoms with E-state index in [0.717, 1.165) is 24.2 Å². The van der Waals surface area contributed by atoms with Gasteiger partial charge in [0, 0.05) is 18.8 Å². The number of sulfonamides is 1. The number of ether oxygens (including phenoxy) is 2. The number of fused-ring (bicyclic) bond motifs is 2. The number of nitrogens with two attached hydrogens (primary N) is 1. The standard InChI is InChI=1S/C27H29FN6O3S.C15H13FN4O/c1-18-16-19(25-22(28)6-5-7-24(25)37-2)17-23-26(18)31-27(33-32-23)30-20-8-10-21(11-9-20)38(35,36)29-12-15-34-13-3-4-14-34;1-8-6-9(7-11-14(8)18-15(17)20-19-11)13-10(16)4-3-5-12(13)21-2/h5-11,16-17,29H,3-4,12-15H2,1-2H3,(H,30,31,33);3-7H,1-2H3,(H2,17,18,20). The number of methoxy groups -OCH3 is 2. The molecule has 0 aliphatic carbocycles. The highest BCUT2D eigenvalue weighted by molar-refractivity contribution is 7.89. The first-order valence-electron chi connectivity index (χ1n) is 18.7. The highest BCUT2D eigenvalue weighted by Crippen LogP contribution is 2.36. The van der Waals surface area contributed by atoms with E-state index in [1.54, 1.807) is 48.5 Å². The minimum absolute atomic E-state index is 0.113. The topological polar surface area (TPSA) is 183 Å². The van der Waals surface area contributed by atoms with E-state index in [1.807, 2.05) is 26.0 Å². The van der Waals surface area contributed by atoms with Gasteiger partial charge in [-0.1, -0.05) is 12.1 Å². The van der Waals surface area contributed by atoms with Crippen LogP contribution in [0, 0.1) is 25.5 Å². The second-order valence-corrected chi connectivity index (χ2v) is 15.6. The van der Waals surface area contributed by atoms with Gasteiger partial charge < -0.3 is 25.4 Å². The van der Waals surface area contributed by atoms with E-state index >= 15 is 0 Å². The minimum atomic E-state index is -3.59. The second-order valence-electron chi connectivity index (χ2n) is 13.9. The highest BCUT2D eigenvalue weighted by Gasteiger charge is 2.18. The van der Waals surface area contributed by atoms with Gasteiger partial charge >= 0.3 is 0 Å². The zero-order chi connectivity index (χ0) is 41.7. The number of nitrogens with one attached hydrogen (secondary N) is 2. The summed E-state index contributed by atoms with van der Waals surface area (Å²) in [5.41, 5.74) is 12.2. The largest absolute Gasteiger partial charge is 0.496 e. The molecule has 59 heavy (non-hydrogen) atoms. The van der Waals surface area contributed by atoms with Crippen LogP contribution < -0.4 is 25.2 Å². The lowest BCUT2D eigenvalue weighted by atomic mass is 10.0. The average molecular weight is 821 g/mol. The van der Waals surface area contributed by atoms with Gasteiger partial charge in [-0.2, -0.15) is 0 Å². The predicted molar refractivity (Wildman–Crippen MR) is 223 cm³/mol. The van der Waals surface area contributed by atoms with Crippen LogP contribution in [0.4, 0.5) is 26.4 Å². The zero-order valence-electron chi connectivity index (χ0n) is 32.8. The minimum Gasteiger partial charge on any atom is -0.496 e. The summed E-state index contributed by atoms with van der Waals surface area (Å²) >= 11 is 0. The van der Waals surface area contributed by atoms with E-state index in [-0.39, 0.29) is 22.6 Å². The number of hydrogen-bond acceptors (Lipinski definition) is 13. The molecular formula is C42H42F2N10O4S. The van der Waals surface area contributed by atoms with Crippen LogP contribution in [0.2, 0.25) is 0 Å². The second kappa shape index (κ2) is 17.6. The normalized spacial score (nSPS) is 13.0. The summed E-state index contributed by atoms with van der Waals surface area (Å²) in [4.78, 5) is 11.2. The molecule has 0 bridgehead atoms. The van der Waals surface area contributed by atoms with Crippen molar-refractivity contribution in [2.45, 2.75) is 31.6 Å². The van der Waals surface area contributed by atoms with Crippen LogP contribution in [-0.2, 0) is 10.0 Å². The Labute approximate surface area is 339 Å². The molecule has 0 radical (unpaired) electrons. The summed E-state index contributed by atoms with van der Waals surface area (Å²) in [6.07, 6.45) is 2.34. The van der Waals surface area contributed by atoms with Gasteiger partial charge in [0.15, 0.2) is 0 Å². The third-order valence-electron chi connectivity index (χ3n) is 9.82. The Morgan fingerprint density at radius 1 is 0.729 bits per heavy atom. The molecule has 1 fully saturated rings. The molecule has 8 rings (SSSR count). The number of anilines is 3. The van der Waals surface area contributed by atoms with Gasteiger partial charge in [0.1, 0.15) is 34.2 Å². The van der Waals surface area contributed by atoms with E-state index in [0.29, 0.717) is 74.6 Å². The number of benzene rings is 5. The Bertz CT molecular complexity index is 2750. The molecule has 17 heteroatoms. The van der Waals surface area contributed by atoms with Gasteiger partial charge in [0.2, 0.25) is 21.9 Å². The quantitative estimate of drug-likeness (QED) is 0.121. The fourth-order valence-electron chi connectivity index (χ4n) is 6.96. The summed E-state index contributed by atoms with van der Waals surface area (Å²) in [5, 5.41) is 19.3. The Morgan fingerprint density at radius 2 is 1.27 bits per heavy atom. The van der Waals surface area contributed by atoms with Crippen molar-refractivity contribution in [3.8, 4) is 33.8 Å². The number of rotatable bonds is 11. The maximum absolute atomic E-state index is 14.6. The SMILES string of the molecule is COc1cccc(F)c1-c1cc(C)c2nc(N)nnc2c1.COc1cccc(F)c1-c1cc(C)c2nc(Nc3ccc(S(=O)(=O)NCCN4CCCC4)cc3)nnc2c1. The Hall–Kier alpha value is -6.43. The van der Waals surface area contributed by atoms with Crippen LogP contribution in [0.15, 0.2) is 89.8 Å². The maximum atomic E-state index is 14.6. The van der Waals surface area contributed by atoms with E-state index < -0.39 is 15.8 Å². The van der Waals surface area contributed by atoms with Crippen molar-refractivity contribution in [3.63, 3.8) is 0 Å². The number of nitrogen functional groups attached to an aromatic ring is 1. The van der Waals surface area contributed by atoms with Gasteiger partial charge in [0.25, 0.3) is 0 Å². The van der Waals surface area contributed by atoms with E-state index in [9.17, 15) is 17.2 Å². The van der Waals surface area contributed by atoms with Crippen molar-refractivity contribution < 1.29 is 26.7 Å². The fourth-order valence-corrected chi connectivity index (χ4v) is 7.98. The molecule has 3 heterocycles. The van der Waals surface area contributed by atoms with Crippen LogP contribution in [-0.4, -0.2) is 84.1 Å². The molecule has 14 nitrogen and oxygen atoms in total. The van der Waals surface area contributed by atoms with Crippen molar-refractivity contribution in [1.82, 2.24) is 40.0 Å². The van der Waals surface area contributed by atoms with Crippen molar-refractivity contribution in [2.75, 3.05) is 51.4 Å². The van der Waals surface area contributed by atoms with E-state index in [2.05, 4.69) is 45.3 Å². The molecular weight excluding hydrogens is 779 g/mol. The summed E-state index contributed by atoms with van der Waals surface area (Å²) in [6, 6.07) is 22.9. The molecule has 4 N–H and O–H groups in total. The summed E-state index contributed by atoms with van der Waals surface area (Å²) in [5.74, 6) is 0.511. The molecule has 2 aromatic heterocycles. The molecule has 0 saturated carbocycles. The molecule has 7 aromatic rings. The van der Waals surface area contributed by atoms with Gasteiger partial charge in [0.05, 0.1) is 41.3 Å². The van der Waals surface area contributed by atoms with Gasteiger partial charge in [-0.15, -0.1) is 20.4 Å². The number of likely N-dealkylation sites (tertiary alicyclic amines) is 1. The van der Waals surface area contributed by atoms with Crippen LogP contribution in [0.1, 0.15) is 24.0 Å². The fraction of sp³-hybridized carbons (Fsp3) is 0.238. The summed E-state index contributed by atoms with van der Waals surface area (Å²) in [7, 11) is -0.587. The van der Waals surface area contributed by atoms with E-state index in [4.69, 9.17) is 15.2 Å². The van der Waals surface area contributed by atoms with Gasteiger partial charge in [-0.3, -0.25) is 0 Å². The Morgan fingerprint density at radius 3 is 1.83 bits per heavy atom. The van der Waals surface area contributed by atoms with Crippen molar-refractivity contribution in [2.24, 2.45) is 0 Å². The third kappa shape index (κ3) is 9.17. The lowest BCUT2D eigenvalue weighted by Crippen LogP contribution is -2.33. The third-order valence-corrected chi connectivity index (χ3v) is 11.3. The lowest BCUT2D eigenvalue weighted by molar-refractivity contribution is 0.344. The predicted octanol–water partition coefficient (Wildman–Crippen LogP) is 7.00. The maximum Gasteiger partial charge on any atom is 0.247 e. The van der Waals surface area contributed by atoms with Crippen LogP contribution in [0.3, 0.4) is 0 Å². The molecule has 0 amide bonds. The Kier molecular flexibility index (Phi) is 12.2. The van der Waals surface area contributed by atoms with Crippen molar-refractivity contribution in [1.29, 1.82) is 0 Å². The van der Waals surface area contributed by atoms with Gasteiger partial charge in [-0.05, 0) is 135 Å². The first-order chi connectivity index (χ1) is 28.4. The molecule has 0 spiro atoms. The molecule has 1 aliphatic heterocycles. The summed E-state index contributed by atoms with van der Waals surface area (Å²) in [6.45, 7) is 6.87. The molecule has 0 atom stereocenters. The molecule has 1 aliphatic rings. The lowest BCUT2D eigenvalue weighted by Gasteiger charge is -2.15. The molecule has 5 aromatic carbocycles. The molecule has 304 valence electrons. The first-order valence-corrected chi connectivity index (χ1v) is 20.2. The zero-order valence-corrected chi connectivity index (χ0v) is 33.6. The Balaban J connectivity index is 0.000000212. The molecule has 1 saturated heterocycles. The number of nitrogens with zero attached hydrogens (tertiary/aromatic N) is 7. The van der Waals surface area contributed by atoms with Gasteiger partial charge in [-0.25, -0.2) is 31.9 Å². The smallest absolute Gasteiger partial charge is 0.247 e.